The van der Waals surface area contributed by atoms with Gasteiger partial charge in [0, 0.05) is 13.2 Å². The van der Waals surface area contributed by atoms with Crippen LogP contribution in [-0.4, -0.2) is 36.9 Å². The molecule has 0 radical (unpaired) electrons. The maximum atomic E-state index is 11.4. The van der Waals surface area contributed by atoms with E-state index in [9.17, 15) is 9.36 Å². The molecule has 0 aromatic carbocycles. The van der Waals surface area contributed by atoms with Crippen molar-refractivity contribution in [1.29, 1.82) is 0 Å². The highest BCUT2D eigenvalue weighted by atomic mass is 31.2. The number of unbranched alkanes of at least 4 members (excludes halogenated alkanes) is 3. The fourth-order valence-electron chi connectivity index (χ4n) is 1.65. The molecule has 6 nitrogen and oxygen atoms in total. The minimum atomic E-state index is -3.33. The first-order valence-corrected chi connectivity index (χ1v) is 9.30. The van der Waals surface area contributed by atoms with Crippen molar-refractivity contribution in [3.8, 4) is 0 Å². The molecule has 0 aromatic rings. The van der Waals surface area contributed by atoms with Crippen molar-refractivity contribution in [2.24, 2.45) is 0 Å². The monoisotopic (exact) mass is 309 g/mol. The third-order valence-electron chi connectivity index (χ3n) is 2.86. The molecule has 0 aliphatic rings. The van der Waals surface area contributed by atoms with Gasteiger partial charge in [0.25, 0.3) is 0 Å². The summed E-state index contributed by atoms with van der Waals surface area (Å²) in [5.74, 6) is 0. The zero-order valence-electron chi connectivity index (χ0n) is 12.8. The van der Waals surface area contributed by atoms with E-state index in [1.165, 1.54) is 6.66 Å². The molecule has 1 amide bonds. The SMILES string of the molecule is CCC(CC)OC(=O)NCCCCCCOP(C)(=O)O. The average Bonchev–Trinajstić information content (AvgIpc) is 2.37. The summed E-state index contributed by atoms with van der Waals surface area (Å²) in [5, 5.41) is 2.72. The number of hydrogen-bond acceptors (Lipinski definition) is 4. The number of ether oxygens (including phenoxy) is 1. The van der Waals surface area contributed by atoms with Crippen LogP contribution in [-0.2, 0) is 13.8 Å². The lowest BCUT2D eigenvalue weighted by molar-refractivity contribution is 0.0929. The van der Waals surface area contributed by atoms with Crippen molar-refractivity contribution >= 4 is 13.7 Å². The number of carbonyl (C=O) groups is 1. The van der Waals surface area contributed by atoms with Crippen LogP contribution in [0.2, 0.25) is 0 Å². The molecule has 0 saturated carbocycles. The summed E-state index contributed by atoms with van der Waals surface area (Å²) in [7, 11) is -3.33. The zero-order valence-corrected chi connectivity index (χ0v) is 13.7. The number of nitrogens with one attached hydrogen (secondary N) is 1. The van der Waals surface area contributed by atoms with Crippen LogP contribution >= 0.6 is 7.60 Å². The maximum absolute atomic E-state index is 11.4. The highest BCUT2D eigenvalue weighted by molar-refractivity contribution is 7.51. The summed E-state index contributed by atoms with van der Waals surface area (Å²) in [4.78, 5) is 20.3. The smallest absolute Gasteiger partial charge is 0.407 e. The first kappa shape index (κ1) is 19.4. The van der Waals surface area contributed by atoms with Gasteiger partial charge < -0.3 is 19.5 Å². The molecule has 0 heterocycles. The van der Waals surface area contributed by atoms with Crippen molar-refractivity contribution in [3.05, 3.63) is 0 Å². The second-order valence-electron chi connectivity index (χ2n) is 4.82. The Balaban J connectivity index is 3.40. The molecule has 0 aromatic heterocycles. The van der Waals surface area contributed by atoms with Gasteiger partial charge >= 0.3 is 13.7 Å². The zero-order chi connectivity index (χ0) is 15.4. The number of alkyl carbamates (subject to hydrolysis) is 1. The van der Waals surface area contributed by atoms with E-state index in [2.05, 4.69) is 5.32 Å². The lowest BCUT2D eigenvalue weighted by Crippen LogP contribution is -2.29. The van der Waals surface area contributed by atoms with E-state index in [0.29, 0.717) is 13.2 Å². The minimum absolute atomic E-state index is 0.00429. The molecule has 1 unspecified atom stereocenters. The van der Waals surface area contributed by atoms with Gasteiger partial charge in [-0.2, -0.15) is 0 Å². The van der Waals surface area contributed by atoms with Crippen molar-refractivity contribution in [3.63, 3.8) is 0 Å². The van der Waals surface area contributed by atoms with Crippen LogP contribution in [0.4, 0.5) is 4.79 Å². The number of hydrogen-bond donors (Lipinski definition) is 2. The molecule has 0 rings (SSSR count). The molecule has 1 atom stereocenters. The van der Waals surface area contributed by atoms with Gasteiger partial charge in [-0.3, -0.25) is 4.57 Å². The fraction of sp³-hybridized carbons (Fsp3) is 0.923. The highest BCUT2D eigenvalue weighted by Crippen LogP contribution is 2.36. The van der Waals surface area contributed by atoms with Gasteiger partial charge in [-0.25, -0.2) is 4.79 Å². The van der Waals surface area contributed by atoms with Gasteiger partial charge in [0.15, 0.2) is 0 Å². The van der Waals surface area contributed by atoms with Crippen LogP contribution in [0.15, 0.2) is 0 Å². The van der Waals surface area contributed by atoms with Crippen molar-refractivity contribution in [2.45, 2.75) is 58.5 Å². The Morgan fingerprint density at radius 3 is 2.35 bits per heavy atom. The van der Waals surface area contributed by atoms with Gasteiger partial charge in [-0.05, 0) is 25.7 Å². The summed E-state index contributed by atoms with van der Waals surface area (Å²) in [6, 6.07) is 0. The standard InChI is InChI=1S/C13H28NO5P/c1-4-12(5-2)19-13(15)14-10-8-6-7-9-11-18-20(3,16)17/h12H,4-11H2,1-3H3,(H,14,15)(H,16,17). The van der Waals surface area contributed by atoms with Crippen LogP contribution in [0.1, 0.15) is 52.4 Å². The molecular weight excluding hydrogens is 281 g/mol. The van der Waals surface area contributed by atoms with Crippen molar-refractivity contribution in [2.75, 3.05) is 19.8 Å². The molecular formula is C13H28NO5P. The number of carbonyl (C=O) groups excluding carboxylic acids is 1. The van der Waals surface area contributed by atoms with Crippen LogP contribution in [0.3, 0.4) is 0 Å². The summed E-state index contributed by atoms with van der Waals surface area (Å²) < 4.78 is 20.8. The van der Waals surface area contributed by atoms with E-state index < -0.39 is 7.60 Å². The Labute approximate surface area is 121 Å². The molecule has 0 saturated heterocycles. The largest absolute Gasteiger partial charge is 0.446 e. The molecule has 0 fully saturated rings. The first-order valence-electron chi connectivity index (χ1n) is 7.28. The summed E-state index contributed by atoms with van der Waals surface area (Å²) in [6.07, 6.45) is 4.76. The Hall–Kier alpha value is -0.580. The van der Waals surface area contributed by atoms with Gasteiger partial charge in [0.2, 0.25) is 0 Å². The molecule has 20 heavy (non-hydrogen) atoms. The topological polar surface area (TPSA) is 84.9 Å². The van der Waals surface area contributed by atoms with Gasteiger partial charge in [-0.15, -0.1) is 0 Å². The highest BCUT2D eigenvalue weighted by Gasteiger charge is 2.10. The summed E-state index contributed by atoms with van der Waals surface area (Å²) in [6.45, 7) is 6.05. The molecule has 0 aliphatic carbocycles. The van der Waals surface area contributed by atoms with E-state index >= 15 is 0 Å². The Morgan fingerprint density at radius 1 is 1.20 bits per heavy atom. The predicted octanol–water partition coefficient (Wildman–Crippen LogP) is 3.29. The van der Waals surface area contributed by atoms with E-state index in [0.717, 1.165) is 38.5 Å². The molecule has 0 aliphatic heterocycles. The Kier molecular flexibility index (Phi) is 10.8. The van der Waals surface area contributed by atoms with Crippen molar-refractivity contribution in [1.82, 2.24) is 5.32 Å². The first-order chi connectivity index (χ1) is 9.39. The lowest BCUT2D eigenvalue weighted by atomic mass is 10.2. The van der Waals surface area contributed by atoms with Crippen molar-refractivity contribution < 1.29 is 23.5 Å². The summed E-state index contributed by atoms with van der Waals surface area (Å²) in [5.41, 5.74) is 0. The van der Waals surface area contributed by atoms with E-state index in [4.69, 9.17) is 14.2 Å². The third kappa shape index (κ3) is 12.5. The maximum Gasteiger partial charge on any atom is 0.407 e. The predicted molar refractivity (Wildman–Crippen MR) is 79.0 cm³/mol. The van der Waals surface area contributed by atoms with Crippen LogP contribution in [0, 0.1) is 0 Å². The quantitative estimate of drug-likeness (QED) is 0.452. The Bertz CT molecular complexity index is 301. The lowest BCUT2D eigenvalue weighted by Gasteiger charge is -2.14. The molecule has 120 valence electrons. The van der Waals surface area contributed by atoms with Gasteiger partial charge in [0.05, 0.1) is 6.61 Å². The normalized spacial score (nSPS) is 14.1. The van der Waals surface area contributed by atoms with Gasteiger partial charge in [-0.1, -0.05) is 26.7 Å². The fourth-order valence-corrected chi connectivity index (χ4v) is 2.12. The average molecular weight is 309 g/mol. The van der Waals surface area contributed by atoms with E-state index in [1.54, 1.807) is 0 Å². The summed E-state index contributed by atoms with van der Waals surface area (Å²) >= 11 is 0. The van der Waals surface area contributed by atoms with Crippen LogP contribution < -0.4 is 5.32 Å². The van der Waals surface area contributed by atoms with Crippen LogP contribution in [0.25, 0.3) is 0 Å². The minimum Gasteiger partial charge on any atom is -0.446 e. The van der Waals surface area contributed by atoms with Gasteiger partial charge in [0.1, 0.15) is 6.10 Å². The second kappa shape index (κ2) is 11.1. The second-order valence-corrected chi connectivity index (χ2v) is 6.69. The molecule has 0 spiro atoms. The molecule has 0 bridgehead atoms. The van der Waals surface area contributed by atoms with E-state index in [1.807, 2.05) is 13.8 Å². The van der Waals surface area contributed by atoms with E-state index in [-0.39, 0.29) is 12.2 Å². The molecule has 7 heteroatoms. The number of rotatable bonds is 11. The van der Waals surface area contributed by atoms with Crippen LogP contribution in [0.5, 0.6) is 0 Å². The third-order valence-corrected chi connectivity index (χ3v) is 3.52. The Morgan fingerprint density at radius 2 is 1.80 bits per heavy atom. The molecule has 2 N–H and O–H groups in total. The number of amides is 1.